The van der Waals surface area contributed by atoms with Gasteiger partial charge >= 0.3 is 0 Å². The molecule has 3 nitrogen and oxygen atoms in total. The SMILES string of the molecule is Cc1ccncc1CN(C)CC1CCNCC1. The predicted octanol–water partition coefficient (Wildman–Crippen LogP) is 1.82. The van der Waals surface area contributed by atoms with Crippen molar-refractivity contribution in [2.24, 2.45) is 5.92 Å². The van der Waals surface area contributed by atoms with Crippen molar-refractivity contribution >= 4 is 0 Å². The molecular weight excluding hydrogens is 210 g/mol. The molecule has 0 aliphatic carbocycles. The molecule has 1 aromatic rings. The van der Waals surface area contributed by atoms with Crippen LogP contribution in [0.2, 0.25) is 0 Å². The van der Waals surface area contributed by atoms with Gasteiger partial charge in [0.1, 0.15) is 0 Å². The monoisotopic (exact) mass is 233 g/mol. The maximum Gasteiger partial charge on any atom is 0.0315 e. The Hall–Kier alpha value is -0.930. The maximum atomic E-state index is 4.21. The molecule has 1 saturated heterocycles. The van der Waals surface area contributed by atoms with Gasteiger partial charge in [-0.15, -0.1) is 0 Å². The van der Waals surface area contributed by atoms with Crippen LogP contribution >= 0.6 is 0 Å². The van der Waals surface area contributed by atoms with Crippen molar-refractivity contribution in [3.05, 3.63) is 29.6 Å². The summed E-state index contributed by atoms with van der Waals surface area (Å²) in [7, 11) is 2.22. The Morgan fingerprint density at radius 1 is 1.41 bits per heavy atom. The van der Waals surface area contributed by atoms with Crippen LogP contribution in [0.25, 0.3) is 0 Å². The van der Waals surface area contributed by atoms with Gasteiger partial charge in [0.2, 0.25) is 0 Å². The van der Waals surface area contributed by atoms with Crippen molar-refractivity contribution < 1.29 is 0 Å². The Morgan fingerprint density at radius 3 is 2.88 bits per heavy atom. The molecule has 0 unspecified atom stereocenters. The van der Waals surface area contributed by atoms with E-state index >= 15 is 0 Å². The van der Waals surface area contributed by atoms with E-state index in [1.54, 1.807) is 0 Å². The third kappa shape index (κ3) is 3.79. The van der Waals surface area contributed by atoms with E-state index in [1.807, 2.05) is 12.4 Å². The lowest BCUT2D eigenvalue weighted by Gasteiger charge is -2.27. The smallest absolute Gasteiger partial charge is 0.0315 e. The minimum Gasteiger partial charge on any atom is -0.317 e. The third-order valence-corrected chi connectivity index (χ3v) is 3.62. The van der Waals surface area contributed by atoms with Gasteiger partial charge in [-0.2, -0.15) is 0 Å². The van der Waals surface area contributed by atoms with E-state index in [0.29, 0.717) is 0 Å². The summed E-state index contributed by atoms with van der Waals surface area (Å²) in [6.45, 7) is 6.75. The molecule has 1 fully saturated rings. The summed E-state index contributed by atoms with van der Waals surface area (Å²) < 4.78 is 0. The summed E-state index contributed by atoms with van der Waals surface area (Å²) in [5.74, 6) is 0.859. The van der Waals surface area contributed by atoms with Crippen LogP contribution in [0.1, 0.15) is 24.0 Å². The molecular formula is C14H23N3. The first kappa shape index (κ1) is 12.5. The van der Waals surface area contributed by atoms with E-state index < -0.39 is 0 Å². The number of nitrogens with zero attached hydrogens (tertiary/aromatic N) is 2. The Bertz CT molecular complexity index is 345. The molecule has 1 N–H and O–H groups in total. The van der Waals surface area contributed by atoms with Crippen molar-refractivity contribution in [2.45, 2.75) is 26.3 Å². The van der Waals surface area contributed by atoms with Gasteiger partial charge in [-0.3, -0.25) is 4.98 Å². The largest absolute Gasteiger partial charge is 0.317 e. The summed E-state index contributed by atoms with van der Waals surface area (Å²) in [6.07, 6.45) is 6.49. The molecule has 3 heteroatoms. The molecule has 0 radical (unpaired) electrons. The van der Waals surface area contributed by atoms with E-state index in [-0.39, 0.29) is 0 Å². The van der Waals surface area contributed by atoms with Gasteiger partial charge in [-0.05, 0) is 63.0 Å². The van der Waals surface area contributed by atoms with Gasteiger partial charge in [0.25, 0.3) is 0 Å². The first-order valence-corrected chi connectivity index (χ1v) is 6.54. The second-order valence-corrected chi connectivity index (χ2v) is 5.19. The van der Waals surface area contributed by atoms with Crippen molar-refractivity contribution in [3.63, 3.8) is 0 Å². The first-order valence-electron chi connectivity index (χ1n) is 6.54. The second-order valence-electron chi connectivity index (χ2n) is 5.19. The lowest BCUT2D eigenvalue weighted by atomic mass is 9.97. The normalized spacial score (nSPS) is 17.6. The molecule has 0 saturated carbocycles. The van der Waals surface area contributed by atoms with Crippen molar-refractivity contribution in [1.29, 1.82) is 0 Å². The Labute approximate surface area is 104 Å². The van der Waals surface area contributed by atoms with Crippen LogP contribution in [-0.2, 0) is 6.54 Å². The standard InChI is InChI=1S/C14H23N3/c1-12-3-6-16-9-14(12)11-17(2)10-13-4-7-15-8-5-13/h3,6,9,13,15H,4-5,7-8,10-11H2,1-2H3. The zero-order valence-electron chi connectivity index (χ0n) is 10.9. The van der Waals surface area contributed by atoms with Crippen molar-refractivity contribution in [3.8, 4) is 0 Å². The van der Waals surface area contributed by atoms with E-state index in [4.69, 9.17) is 0 Å². The number of hydrogen-bond donors (Lipinski definition) is 1. The summed E-state index contributed by atoms with van der Waals surface area (Å²) >= 11 is 0. The Kier molecular flexibility index (Phi) is 4.51. The van der Waals surface area contributed by atoms with E-state index in [9.17, 15) is 0 Å². The molecule has 0 aromatic carbocycles. The van der Waals surface area contributed by atoms with Crippen molar-refractivity contribution in [1.82, 2.24) is 15.2 Å². The lowest BCUT2D eigenvalue weighted by Crippen LogP contribution is -2.34. The van der Waals surface area contributed by atoms with Gasteiger partial charge in [0, 0.05) is 25.5 Å². The predicted molar refractivity (Wildman–Crippen MR) is 70.9 cm³/mol. The second kappa shape index (κ2) is 6.12. The topological polar surface area (TPSA) is 28.2 Å². The highest BCUT2D eigenvalue weighted by Crippen LogP contribution is 2.15. The molecule has 0 spiro atoms. The summed E-state index contributed by atoms with van der Waals surface area (Å²) in [5.41, 5.74) is 2.70. The van der Waals surface area contributed by atoms with Crippen LogP contribution in [0.3, 0.4) is 0 Å². The molecule has 2 rings (SSSR count). The fraction of sp³-hybridized carbons (Fsp3) is 0.643. The van der Waals surface area contributed by atoms with E-state index in [0.717, 1.165) is 12.5 Å². The van der Waals surface area contributed by atoms with E-state index in [2.05, 4.69) is 35.2 Å². The summed E-state index contributed by atoms with van der Waals surface area (Å²) in [4.78, 5) is 6.64. The fourth-order valence-electron chi connectivity index (χ4n) is 2.52. The van der Waals surface area contributed by atoms with Gasteiger partial charge in [0.15, 0.2) is 0 Å². The number of pyridine rings is 1. The van der Waals surface area contributed by atoms with Crippen LogP contribution in [0.15, 0.2) is 18.5 Å². The molecule has 1 aliphatic heterocycles. The van der Waals surface area contributed by atoms with Crippen molar-refractivity contribution in [2.75, 3.05) is 26.7 Å². The van der Waals surface area contributed by atoms with Crippen LogP contribution in [0.4, 0.5) is 0 Å². The number of rotatable bonds is 4. The average molecular weight is 233 g/mol. The number of hydrogen-bond acceptors (Lipinski definition) is 3. The van der Waals surface area contributed by atoms with Crippen LogP contribution in [0, 0.1) is 12.8 Å². The molecule has 0 bridgehead atoms. The van der Waals surface area contributed by atoms with Gasteiger partial charge in [0.05, 0.1) is 0 Å². The van der Waals surface area contributed by atoms with Gasteiger partial charge in [-0.1, -0.05) is 0 Å². The minimum absolute atomic E-state index is 0.859. The molecule has 2 heterocycles. The summed E-state index contributed by atoms with van der Waals surface area (Å²) in [6, 6.07) is 2.09. The quantitative estimate of drug-likeness (QED) is 0.860. The highest BCUT2D eigenvalue weighted by molar-refractivity contribution is 5.21. The number of nitrogens with one attached hydrogen (secondary N) is 1. The molecule has 1 aliphatic rings. The zero-order valence-corrected chi connectivity index (χ0v) is 10.9. The fourth-order valence-corrected chi connectivity index (χ4v) is 2.52. The molecule has 0 amide bonds. The number of piperidine rings is 1. The molecule has 94 valence electrons. The third-order valence-electron chi connectivity index (χ3n) is 3.62. The molecule has 17 heavy (non-hydrogen) atoms. The molecule has 0 atom stereocenters. The summed E-state index contributed by atoms with van der Waals surface area (Å²) in [5, 5.41) is 3.42. The van der Waals surface area contributed by atoms with Crippen LogP contribution in [-0.4, -0.2) is 36.6 Å². The maximum absolute atomic E-state index is 4.21. The first-order chi connectivity index (χ1) is 8.25. The molecule has 1 aromatic heterocycles. The Balaban J connectivity index is 1.84. The lowest BCUT2D eigenvalue weighted by molar-refractivity contribution is 0.234. The minimum atomic E-state index is 0.859. The van der Waals surface area contributed by atoms with Crippen LogP contribution < -0.4 is 5.32 Å². The highest BCUT2D eigenvalue weighted by Gasteiger charge is 2.15. The van der Waals surface area contributed by atoms with Crippen LogP contribution in [0.5, 0.6) is 0 Å². The van der Waals surface area contributed by atoms with Gasteiger partial charge < -0.3 is 10.2 Å². The highest BCUT2D eigenvalue weighted by atomic mass is 15.1. The Morgan fingerprint density at radius 2 is 2.18 bits per heavy atom. The number of aromatic nitrogens is 1. The van der Waals surface area contributed by atoms with Gasteiger partial charge in [-0.25, -0.2) is 0 Å². The zero-order chi connectivity index (χ0) is 12.1. The number of aryl methyl sites for hydroxylation is 1. The average Bonchev–Trinajstić information content (AvgIpc) is 2.33. The van der Waals surface area contributed by atoms with E-state index in [1.165, 1.54) is 43.6 Å².